The third-order valence-electron chi connectivity index (χ3n) is 2.30. The number of anilines is 1. The van der Waals surface area contributed by atoms with Crippen molar-refractivity contribution in [2.24, 2.45) is 0 Å². The fourth-order valence-electron chi connectivity index (χ4n) is 1.42. The molecule has 0 spiro atoms. The molecule has 2 rings (SSSR count). The van der Waals surface area contributed by atoms with Gasteiger partial charge in [0.05, 0.1) is 17.4 Å². The van der Waals surface area contributed by atoms with Crippen LogP contribution >= 0.6 is 0 Å². The van der Waals surface area contributed by atoms with Gasteiger partial charge in [0.1, 0.15) is 17.3 Å². The Morgan fingerprint density at radius 1 is 1.45 bits per heavy atom. The lowest BCUT2D eigenvalue weighted by Crippen LogP contribution is -2.12. The summed E-state index contributed by atoms with van der Waals surface area (Å²) in [6.45, 7) is -0.412. The maximum atomic E-state index is 13.4. The van der Waals surface area contributed by atoms with Crippen LogP contribution in [0.25, 0.3) is 0 Å². The number of hydrogen-bond acceptors (Lipinski definition) is 4. The van der Waals surface area contributed by atoms with Crippen LogP contribution in [0.5, 0.6) is 0 Å². The number of aromatic nitrogens is 2. The van der Waals surface area contributed by atoms with Crippen molar-refractivity contribution >= 4 is 15.7 Å². The van der Waals surface area contributed by atoms with E-state index in [1.165, 1.54) is 18.3 Å². The fourth-order valence-corrected chi connectivity index (χ4v) is 2.37. The van der Waals surface area contributed by atoms with Gasteiger partial charge >= 0.3 is 0 Å². The number of benzene rings is 1. The van der Waals surface area contributed by atoms with Gasteiger partial charge in [-0.2, -0.15) is 5.10 Å². The molecule has 0 saturated carbocycles. The predicted molar refractivity (Wildman–Crippen MR) is 69.8 cm³/mol. The third kappa shape index (κ3) is 3.14. The molecule has 0 atom stereocenters. The molecule has 1 aromatic heterocycles. The number of hydrogen-bond donors (Lipinski definition) is 3. The summed E-state index contributed by atoms with van der Waals surface area (Å²) in [5, 5.41) is 14.5. The van der Waals surface area contributed by atoms with E-state index in [4.69, 9.17) is 5.11 Å². The monoisotopic (exact) mass is 295 g/mol. The molecular weight excluding hydrogens is 285 g/mol. The van der Waals surface area contributed by atoms with Crippen LogP contribution in [0.3, 0.4) is 0 Å². The second-order valence-electron chi connectivity index (χ2n) is 3.69. The lowest BCUT2D eigenvalue weighted by molar-refractivity contribution is 0.350. The zero-order valence-corrected chi connectivity index (χ0v) is 10.9. The molecule has 0 unspecified atom stereocenters. The number of nitrogens with one attached hydrogen (secondary N) is 2. The molecule has 0 aliphatic rings. The van der Waals surface area contributed by atoms with Crippen LogP contribution in [0.4, 0.5) is 10.1 Å². The summed E-state index contributed by atoms with van der Waals surface area (Å²) in [4.78, 5) is -0.0372. The lowest BCUT2D eigenvalue weighted by atomic mass is 10.2. The van der Waals surface area contributed by atoms with Crippen molar-refractivity contribution in [3.8, 4) is 11.8 Å². The Kier molecular flexibility index (Phi) is 4.02. The van der Waals surface area contributed by atoms with Gasteiger partial charge in [-0.1, -0.05) is 11.8 Å². The summed E-state index contributed by atoms with van der Waals surface area (Å²) in [6, 6.07) is 3.61. The van der Waals surface area contributed by atoms with Crippen LogP contribution in [0.15, 0.2) is 35.5 Å². The molecule has 6 nitrogen and oxygen atoms in total. The molecule has 20 heavy (non-hydrogen) atoms. The number of aliphatic hydroxyl groups is 1. The molecule has 0 radical (unpaired) electrons. The molecule has 1 aromatic carbocycles. The van der Waals surface area contributed by atoms with Gasteiger partial charge in [0.15, 0.2) is 0 Å². The second-order valence-corrected chi connectivity index (χ2v) is 5.38. The SMILES string of the molecule is O=S(=O)(Nc1ccc(F)c(C#CCO)c1)c1cn[nH]c1. The van der Waals surface area contributed by atoms with Gasteiger partial charge in [-0.15, -0.1) is 0 Å². The average molecular weight is 295 g/mol. The molecule has 2 aromatic rings. The van der Waals surface area contributed by atoms with Crippen LogP contribution in [-0.2, 0) is 10.0 Å². The van der Waals surface area contributed by atoms with Crippen molar-refractivity contribution in [2.75, 3.05) is 11.3 Å². The summed E-state index contributed by atoms with van der Waals surface area (Å²) < 4.78 is 39.6. The molecule has 0 fully saturated rings. The minimum atomic E-state index is -3.78. The Morgan fingerprint density at radius 2 is 2.25 bits per heavy atom. The van der Waals surface area contributed by atoms with Gasteiger partial charge in [0.25, 0.3) is 10.0 Å². The Balaban J connectivity index is 2.31. The number of aromatic amines is 1. The van der Waals surface area contributed by atoms with Crippen molar-refractivity contribution in [1.29, 1.82) is 0 Å². The van der Waals surface area contributed by atoms with Gasteiger partial charge < -0.3 is 5.11 Å². The number of nitrogens with zero attached hydrogens (tertiary/aromatic N) is 1. The Labute approximate surface area is 114 Å². The highest BCUT2D eigenvalue weighted by Gasteiger charge is 2.15. The van der Waals surface area contributed by atoms with Crippen molar-refractivity contribution in [2.45, 2.75) is 4.90 Å². The van der Waals surface area contributed by atoms with E-state index in [0.717, 1.165) is 12.3 Å². The molecule has 1 heterocycles. The Bertz CT molecular complexity index is 761. The minimum absolute atomic E-state index is 0.00792. The molecule has 3 N–H and O–H groups in total. The summed E-state index contributed by atoms with van der Waals surface area (Å²) in [7, 11) is -3.78. The van der Waals surface area contributed by atoms with Crippen LogP contribution in [0.2, 0.25) is 0 Å². The van der Waals surface area contributed by atoms with Crippen LogP contribution < -0.4 is 4.72 Å². The maximum Gasteiger partial charge on any atom is 0.265 e. The van der Waals surface area contributed by atoms with Crippen molar-refractivity contribution in [1.82, 2.24) is 10.2 Å². The number of sulfonamides is 1. The zero-order valence-electron chi connectivity index (χ0n) is 10.1. The molecule has 0 amide bonds. The predicted octanol–water partition coefficient (Wildman–Crippen LogP) is 0.693. The smallest absolute Gasteiger partial charge is 0.265 e. The average Bonchev–Trinajstić information content (AvgIpc) is 2.94. The third-order valence-corrected chi connectivity index (χ3v) is 3.65. The second kappa shape index (κ2) is 5.73. The van der Waals surface area contributed by atoms with Crippen molar-refractivity contribution < 1.29 is 17.9 Å². The number of rotatable bonds is 3. The fraction of sp³-hybridized carbons (Fsp3) is 0.0833. The molecule has 0 aliphatic heterocycles. The first-order valence-electron chi connectivity index (χ1n) is 5.44. The highest BCUT2D eigenvalue weighted by Crippen LogP contribution is 2.18. The van der Waals surface area contributed by atoms with E-state index in [2.05, 4.69) is 26.8 Å². The molecule has 104 valence electrons. The van der Waals surface area contributed by atoms with Crippen molar-refractivity contribution in [3.05, 3.63) is 42.0 Å². The van der Waals surface area contributed by atoms with Gasteiger partial charge in [0.2, 0.25) is 0 Å². The van der Waals surface area contributed by atoms with Crippen LogP contribution in [0, 0.1) is 17.7 Å². The van der Waals surface area contributed by atoms with E-state index in [1.54, 1.807) is 0 Å². The lowest BCUT2D eigenvalue weighted by Gasteiger charge is -2.06. The number of halogens is 1. The summed E-state index contributed by atoms with van der Waals surface area (Å²) >= 11 is 0. The van der Waals surface area contributed by atoms with E-state index in [-0.39, 0.29) is 16.1 Å². The van der Waals surface area contributed by atoms with E-state index < -0.39 is 22.4 Å². The van der Waals surface area contributed by atoms with Gasteiger partial charge in [-0.05, 0) is 18.2 Å². The quantitative estimate of drug-likeness (QED) is 0.726. The Hall–Kier alpha value is -2.37. The number of aliphatic hydroxyl groups excluding tert-OH is 1. The zero-order chi connectivity index (χ0) is 14.6. The minimum Gasteiger partial charge on any atom is -0.384 e. The van der Waals surface area contributed by atoms with E-state index in [1.807, 2.05) is 0 Å². The summed E-state index contributed by atoms with van der Waals surface area (Å²) in [5.41, 5.74) is 0.154. The van der Waals surface area contributed by atoms with Gasteiger partial charge in [-0.25, -0.2) is 12.8 Å². The standard InChI is InChI=1S/C12H10FN3O3S/c13-12-4-3-10(6-9(12)2-1-5-17)16-20(18,19)11-7-14-15-8-11/h3-4,6-8,16-17H,5H2,(H,14,15). The first-order valence-corrected chi connectivity index (χ1v) is 6.92. The van der Waals surface area contributed by atoms with Gasteiger partial charge in [-0.3, -0.25) is 9.82 Å². The molecule has 0 aliphatic carbocycles. The highest BCUT2D eigenvalue weighted by molar-refractivity contribution is 7.92. The maximum absolute atomic E-state index is 13.4. The molecule has 8 heteroatoms. The first kappa shape index (κ1) is 14.0. The molecule has 0 saturated heterocycles. The summed E-state index contributed by atoms with van der Waals surface area (Å²) in [6.07, 6.45) is 2.37. The van der Waals surface area contributed by atoms with Crippen molar-refractivity contribution in [3.63, 3.8) is 0 Å². The summed E-state index contributed by atoms with van der Waals surface area (Å²) in [5.74, 6) is 4.09. The highest BCUT2D eigenvalue weighted by atomic mass is 32.2. The topological polar surface area (TPSA) is 95.1 Å². The first-order chi connectivity index (χ1) is 9.53. The van der Waals surface area contributed by atoms with E-state index in [9.17, 15) is 12.8 Å². The molecular formula is C12H10FN3O3S. The number of H-pyrrole nitrogens is 1. The van der Waals surface area contributed by atoms with Crippen LogP contribution in [-0.4, -0.2) is 30.3 Å². The van der Waals surface area contributed by atoms with E-state index in [0.29, 0.717) is 0 Å². The van der Waals surface area contributed by atoms with Gasteiger partial charge in [0, 0.05) is 6.20 Å². The largest absolute Gasteiger partial charge is 0.384 e. The van der Waals surface area contributed by atoms with Crippen LogP contribution in [0.1, 0.15) is 5.56 Å². The van der Waals surface area contributed by atoms with E-state index >= 15 is 0 Å². The normalized spacial score (nSPS) is 10.7. The Morgan fingerprint density at radius 3 is 2.90 bits per heavy atom. The molecule has 0 bridgehead atoms.